The number of aliphatic hydroxyl groups excluding tert-OH is 3. The van der Waals surface area contributed by atoms with Crippen LogP contribution in [0.3, 0.4) is 0 Å². The summed E-state index contributed by atoms with van der Waals surface area (Å²) < 4.78 is 10.8. The SMILES string of the molecule is CC1OC(CO)C(O[C@H](O)CN=C(N)CCS)C(O)C1N. The van der Waals surface area contributed by atoms with Crippen LogP contribution in [0.2, 0.25) is 0 Å². The molecule has 0 bridgehead atoms. The lowest BCUT2D eigenvalue weighted by Crippen LogP contribution is -2.62. The fourth-order valence-corrected chi connectivity index (χ4v) is 2.32. The van der Waals surface area contributed by atoms with E-state index in [-0.39, 0.29) is 13.2 Å². The van der Waals surface area contributed by atoms with Gasteiger partial charge in [-0.05, 0) is 12.7 Å². The van der Waals surface area contributed by atoms with Gasteiger partial charge in [0.1, 0.15) is 18.3 Å². The topological polar surface area (TPSA) is 144 Å². The summed E-state index contributed by atoms with van der Waals surface area (Å²) >= 11 is 4.02. The minimum Gasteiger partial charge on any atom is -0.394 e. The third-order valence-electron chi connectivity index (χ3n) is 3.34. The van der Waals surface area contributed by atoms with Crippen LogP contribution in [0.1, 0.15) is 13.3 Å². The van der Waals surface area contributed by atoms with E-state index in [0.29, 0.717) is 18.0 Å². The third-order valence-corrected chi connectivity index (χ3v) is 3.57. The minimum atomic E-state index is -1.28. The number of rotatable bonds is 7. The Hall–Kier alpha value is -0.420. The maximum Gasteiger partial charge on any atom is 0.174 e. The molecule has 124 valence electrons. The zero-order valence-corrected chi connectivity index (χ0v) is 12.9. The lowest BCUT2D eigenvalue weighted by atomic mass is 9.94. The Labute approximate surface area is 129 Å². The van der Waals surface area contributed by atoms with Crippen molar-refractivity contribution in [1.82, 2.24) is 0 Å². The van der Waals surface area contributed by atoms with E-state index in [1.165, 1.54) is 0 Å². The monoisotopic (exact) mass is 323 g/mol. The van der Waals surface area contributed by atoms with Gasteiger partial charge in [0, 0.05) is 6.42 Å². The molecule has 1 fully saturated rings. The number of thiol groups is 1. The molecule has 1 aliphatic heterocycles. The molecule has 0 amide bonds. The summed E-state index contributed by atoms with van der Waals surface area (Å²) in [5, 5.41) is 29.2. The van der Waals surface area contributed by atoms with Crippen molar-refractivity contribution in [3.05, 3.63) is 0 Å². The quantitative estimate of drug-likeness (QED) is 0.135. The van der Waals surface area contributed by atoms with Gasteiger partial charge in [-0.3, -0.25) is 4.99 Å². The molecule has 0 aromatic carbocycles. The first-order valence-corrected chi connectivity index (χ1v) is 7.47. The second-order valence-electron chi connectivity index (χ2n) is 4.99. The van der Waals surface area contributed by atoms with Gasteiger partial charge in [-0.25, -0.2) is 0 Å². The van der Waals surface area contributed by atoms with Gasteiger partial charge in [0.05, 0.1) is 31.1 Å². The number of nitrogens with two attached hydrogens (primary N) is 2. The highest BCUT2D eigenvalue weighted by Gasteiger charge is 2.43. The van der Waals surface area contributed by atoms with Crippen molar-refractivity contribution in [3.8, 4) is 0 Å². The molecule has 1 heterocycles. The third kappa shape index (κ3) is 5.37. The van der Waals surface area contributed by atoms with Crippen LogP contribution in [0.5, 0.6) is 0 Å². The maximum atomic E-state index is 10.1. The van der Waals surface area contributed by atoms with E-state index in [9.17, 15) is 15.3 Å². The van der Waals surface area contributed by atoms with Crippen LogP contribution in [-0.4, -0.2) is 76.8 Å². The van der Waals surface area contributed by atoms with Crippen LogP contribution in [-0.2, 0) is 9.47 Å². The van der Waals surface area contributed by atoms with Gasteiger partial charge < -0.3 is 36.3 Å². The maximum absolute atomic E-state index is 10.1. The average Bonchev–Trinajstić information content (AvgIpc) is 2.45. The lowest BCUT2D eigenvalue weighted by molar-refractivity contribution is -0.244. The molecule has 0 saturated carbocycles. The predicted octanol–water partition coefficient (Wildman–Crippen LogP) is -2.17. The second kappa shape index (κ2) is 8.89. The molecule has 7 N–H and O–H groups in total. The first-order valence-electron chi connectivity index (χ1n) is 6.83. The van der Waals surface area contributed by atoms with Gasteiger partial charge in [-0.1, -0.05) is 0 Å². The van der Waals surface area contributed by atoms with Crippen molar-refractivity contribution in [3.63, 3.8) is 0 Å². The highest BCUT2D eigenvalue weighted by atomic mass is 32.1. The summed E-state index contributed by atoms with van der Waals surface area (Å²) in [4.78, 5) is 3.94. The first-order chi connectivity index (χ1) is 9.90. The lowest BCUT2D eigenvalue weighted by Gasteiger charge is -2.42. The highest BCUT2D eigenvalue weighted by molar-refractivity contribution is 7.80. The van der Waals surface area contributed by atoms with E-state index in [2.05, 4.69) is 17.6 Å². The van der Waals surface area contributed by atoms with Crippen LogP contribution < -0.4 is 11.5 Å². The Morgan fingerprint density at radius 2 is 2.19 bits per heavy atom. The van der Waals surface area contributed by atoms with Gasteiger partial charge in [-0.2, -0.15) is 12.6 Å². The summed E-state index contributed by atoms with van der Waals surface area (Å²) in [6, 6.07) is -0.664. The van der Waals surface area contributed by atoms with E-state index < -0.39 is 36.7 Å². The van der Waals surface area contributed by atoms with Crippen molar-refractivity contribution in [2.75, 3.05) is 18.9 Å². The molecule has 0 aliphatic carbocycles. The van der Waals surface area contributed by atoms with Crippen LogP contribution in [0.25, 0.3) is 0 Å². The van der Waals surface area contributed by atoms with E-state index >= 15 is 0 Å². The number of amidine groups is 1. The molecule has 6 atom stereocenters. The molecular formula is C12H25N3O5S. The van der Waals surface area contributed by atoms with Gasteiger partial charge >= 0.3 is 0 Å². The summed E-state index contributed by atoms with van der Waals surface area (Å²) in [7, 11) is 0. The smallest absolute Gasteiger partial charge is 0.174 e. The van der Waals surface area contributed by atoms with Gasteiger partial charge in [0.2, 0.25) is 0 Å². The van der Waals surface area contributed by atoms with Gasteiger partial charge in [0.15, 0.2) is 6.29 Å². The van der Waals surface area contributed by atoms with Crippen molar-refractivity contribution >= 4 is 18.5 Å². The predicted molar refractivity (Wildman–Crippen MR) is 81.2 cm³/mol. The van der Waals surface area contributed by atoms with E-state index in [0.717, 1.165) is 0 Å². The van der Waals surface area contributed by atoms with Crippen LogP contribution >= 0.6 is 12.6 Å². The zero-order chi connectivity index (χ0) is 16.0. The summed E-state index contributed by atoms with van der Waals surface area (Å²) in [5.41, 5.74) is 11.4. The second-order valence-corrected chi connectivity index (χ2v) is 5.44. The summed E-state index contributed by atoms with van der Waals surface area (Å²) in [6.45, 7) is 1.27. The Bertz CT molecular complexity index is 345. The van der Waals surface area contributed by atoms with Crippen LogP contribution in [0.4, 0.5) is 0 Å². The number of nitrogens with zero attached hydrogens (tertiary/aromatic N) is 1. The molecule has 0 aromatic heterocycles. The zero-order valence-electron chi connectivity index (χ0n) is 12.0. The molecule has 1 aliphatic rings. The minimum absolute atomic E-state index is 0.0776. The first kappa shape index (κ1) is 18.6. The standard InChI is InChI=1S/C12H25N3O5S/c1-6-10(14)11(18)12(7(5-16)19-6)20-9(17)4-15-8(13)2-3-21/h6-7,9-12,16-18,21H,2-5,14H2,1H3,(H2,13,15)/t6?,7?,9-,10?,11?,12?/m0/s1. The van der Waals surface area contributed by atoms with Crippen molar-refractivity contribution < 1.29 is 24.8 Å². The largest absolute Gasteiger partial charge is 0.394 e. The Balaban J connectivity index is 2.59. The normalized spacial score (nSPS) is 35.7. The Kier molecular flexibility index (Phi) is 7.88. The fraction of sp³-hybridized carbons (Fsp3) is 0.917. The van der Waals surface area contributed by atoms with Crippen molar-refractivity contribution in [2.24, 2.45) is 16.5 Å². The molecule has 0 spiro atoms. The molecule has 1 saturated heterocycles. The molecule has 0 aromatic rings. The number of aliphatic hydroxyl groups is 3. The van der Waals surface area contributed by atoms with E-state index in [1.807, 2.05) is 0 Å². The van der Waals surface area contributed by atoms with E-state index in [1.54, 1.807) is 6.92 Å². The molecule has 21 heavy (non-hydrogen) atoms. The molecule has 1 rings (SSSR count). The number of hydrogen-bond acceptors (Lipinski definition) is 8. The fourth-order valence-electron chi connectivity index (χ4n) is 2.09. The number of aliphatic imine (C=N–C) groups is 1. The van der Waals surface area contributed by atoms with Crippen LogP contribution in [0, 0.1) is 0 Å². The Morgan fingerprint density at radius 3 is 2.76 bits per heavy atom. The van der Waals surface area contributed by atoms with Crippen LogP contribution in [0.15, 0.2) is 4.99 Å². The Morgan fingerprint density at radius 1 is 1.52 bits per heavy atom. The van der Waals surface area contributed by atoms with Gasteiger partial charge in [-0.15, -0.1) is 0 Å². The summed E-state index contributed by atoms with van der Waals surface area (Å²) in [6.07, 6.45) is -3.94. The number of ether oxygens (including phenoxy) is 2. The molecular weight excluding hydrogens is 298 g/mol. The average molecular weight is 323 g/mol. The van der Waals surface area contributed by atoms with Gasteiger partial charge in [0.25, 0.3) is 0 Å². The molecule has 8 nitrogen and oxygen atoms in total. The van der Waals surface area contributed by atoms with Crippen molar-refractivity contribution in [2.45, 2.75) is 50.1 Å². The molecule has 9 heteroatoms. The number of hydrogen-bond donors (Lipinski definition) is 6. The summed E-state index contributed by atoms with van der Waals surface area (Å²) in [5.74, 6) is 0.915. The van der Waals surface area contributed by atoms with Crippen molar-refractivity contribution in [1.29, 1.82) is 0 Å². The highest BCUT2D eigenvalue weighted by Crippen LogP contribution is 2.22. The molecule has 5 unspecified atom stereocenters. The van der Waals surface area contributed by atoms with E-state index in [4.69, 9.17) is 20.9 Å². The molecule has 0 radical (unpaired) electrons.